The van der Waals surface area contributed by atoms with E-state index in [1.807, 2.05) is 11.8 Å². The molecule has 7 heteroatoms. The van der Waals surface area contributed by atoms with Crippen LogP contribution < -0.4 is 5.32 Å². The fraction of sp³-hybridized carbons (Fsp3) is 0.385. The average Bonchev–Trinajstić information content (AvgIpc) is 2.98. The Morgan fingerprint density at radius 1 is 1.50 bits per heavy atom. The molecule has 2 aromatic rings. The molecule has 104 valence electrons. The molecule has 1 fully saturated rings. The van der Waals surface area contributed by atoms with Gasteiger partial charge in [-0.2, -0.15) is 0 Å². The molecule has 1 atom stereocenters. The fourth-order valence-electron chi connectivity index (χ4n) is 2.19. The molecule has 0 saturated carbocycles. The molecule has 0 aliphatic carbocycles. The van der Waals surface area contributed by atoms with Crippen molar-refractivity contribution in [1.29, 1.82) is 0 Å². The highest BCUT2D eigenvalue weighted by Crippen LogP contribution is 2.22. The number of nitrogens with zero attached hydrogens (tertiary/aromatic N) is 4. The van der Waals surface area contributed by atoms with E-state index in [9.17, 15) is 4.79 Å². The Balaban J connectivity index is 1.81. The quantitative estimate of drug-likeness (QED) is 0.894. The fourth-order valence-corrected chi connectivity index (χ4v) is 2.94. The first-order chi connectivity index (χ1) is 9.75. The number of hydrogen-bond acceptors (Lipinski definition) is 6. The zero-order valence-corrected chi connectivity index (χ0v) is 11.9. The third kappa shape index (κ3) is 2.54. The Bertz CT molecular complexity index is 600. The summed E-state index contributed by atoms with van der Waals surface area (Å²) in [6, 6.07) is 0.193. The minimum Gasteiger partial charge on any atom is -0.332 e. The largest absolute Gasteiger partial charge is 0.332 e. The van der Waals surface area contributed by atoms with Crippen molar-refractivity contribution in [2.75, 3.05) is 19.6 Å². The molecule has 1 amide bonds. The van der Waals surface area contributed by atoms with E-state index in [0.29, 0.717) is 11.4 Å². The molecule has 1 aliphatic heterocycles. The topological polar surface area (TPSA) is 71.0 Å². The van der Waals surface area contributed by atoms with E-state index >= 15 is 0 Å². The van der Waals surface area contributed by atoms with Crippen molar-refractivity contribution in [2.24, 2.45) is 0 Å². The highest BCUT2D eigenvalue weighted by atomic mass is 32.1. The van der Waals surface area contributed by atoms with Gasteiger partial charge >= 0.3 is 0 Å². The van der Waals surface area contributed by atoms with Crippen molar-refractivity contribution in [1.82, 2.24) is 25.2 Å². The van der Waals surface area contributed by atoms with Crippen LogP contribution in [0.3, 0.4) is 0 Å². The minimum atomic E-state index is -0.00890. The third-order valence-electron chi connectivity index (χ3n) is 3.27. The van der Waals surface area contributed by atoms with Crippen LogP contribution in [0.2, 0.25) is 0 Å². The maximum atomic E-state index is 12.5. The van der Waals surface area contributed by atoms with Gasteiger partial charge < -0.3 is 10.2 Å². The molecule has 3 rings (SSSR count). The standard InChI is InChI=1S/C13H15N5OS/c1-9-6-15-4-5-18(9)13(19)11-8-20-12(17-11)10-7-14-2-3-16-10/h2-3,7-9,15H,4-6H2,1H3. The third-order valence-corrected chi connectivity index (χ3v) is 4.13. The summed E-state index contributed by atoms with van der Waals surface area (Å²) in [4.78, 5) is 26.9. The lowest BCUT2D eigenvalue weighted by molar-refractivity contribution is 0.0650. The van der Waals surface area contributed by atoms with Crippen LogP contribution in [0, 0.1) is 0 Å². The predicted molar refractivity (Wildman–Crippen MR) is 76.5 cm³/mol. The van der Waals surface area contributed by atoms with Crippen molar-refractivity contribution in [3.05, 3.63) is 29.7 Å². The Kier molecular flexibility index (Phi) is 3.70. The van der Waals surface area contributed by atoms with Crippen LogP contribution in [0.4, 0.5) is 0 Å². The van der Waals surface area contributed by atoms with Crippen molar-refractivity contribution in [3.8, 4) is 10.7 Å². The van der Waals surface area contributed by atoms with E-state index in [2.05, 4.69) is 20.3 Å². The highest BCUT2D eigenvalue weighted by Gasteiger charge is 2.25. The smallest absolute Gasteiger partial charge is 0.273 e. The number of carbonyl (C=O) groups is 1. The lowest BCUT2D eigenvalue weighted by atomic mass is 10.2. The summed E-state index contributed by atoms with van der Waals surface area (Å²) in [6.45, 7) is 4.42. The molecule has 20 heavy (non-hydrogen) atoms. The second-order valence-corrected chi connectivity index (χ2v) is 5.54. The second-order valence-electron chi connectivity index (χ2n) is 4.68. The minimum absolute atomic E-state index is 0.00890. The van der Waals surface area contributed by atoms with Gasteiger partial charge in [-0.25, -0.2) is 4.98 Å². The van der Waals surface area contributed by atoms with Gasteiger partial charge in [0.05, 0.1) is 6.20 Å². The molecule has 1 unspecified atom stereocenters. The summed E-state index contributed by atoms with van der Waals surface area (Å²) in [7, 11) is 0. The highest BCUT2D eigenvalue weighted by molar-refractivity contribution is 7.13. The number of piperazine rings is 1. The molecule has 2 aromatic heterocycles. The number of thiazole rings is 1. The van der Waals surface area contributed by atoms with Gasteiger partial charge in [0, 0.05) is 43.4 Å². The Morgan fingerprint density at radius 3 is 3.15 bits per heavy atom. The summed E-state index contributed by atoms with van der Waals surface area (Å²) in [5, 5.41) is 5.79. The van der Waals surface area contributed by atoms with Gasteiger partial charge in [-0.1, -0.05) is 0 Å². The first-order valence-electron chi connectivity index (χ1n) is 6.49. The van der Waals surface area contributed by atoms with Crippen molar-refractivity contribution in [3.63, 3.8) is 0 Å². The van der Waals surface area contributed by atoms with Crippen LogP contribution >= 0.6 is 11.3 Å². The first kappa shape index (κ1) is 13.1. The zero-order valence-electron chi connectivity index (χ0n) is 11.1. The lowest BCUT2D eigenvalue weighted by Crippen LogP contribution is -2.52. The van der Waals surface area contributed by atoms with E-state index in [-0.39, 0.29) is 11.9 Å². The van der Waals surface area contributed by atoms with Gasteiger partial charge in [-0.15, -0.1) is 11.3 Å². The number of carbonyl (C=O) groups excluding carboxylic acids is 1. The summed E-state index contributed by atoms with van der Waals surface area (Å²) in [6.07, 6.45) is 4.89. The molecule has 0 aromatic carbocycles. The Labute approximate surface area is 120 Å². The molecule has 6 nitrogen and oxygen atoms in total. The van der Waals surface area contributed by atoms with Crippen LogP contribution in [0.15, 0.2) is 24.0 Å². The zero-order chi connectivity index (χ0) is 13.9. The second kappa shape index (κ2) is 5.64. The van der Waals surface area contributed by atoms with E-state index in [4.69, 9.17) is 0 Å². The molecule has 0 bridgehead atoms. The molecule has 3 heterocycles. The van der Waals surface area contributed by atoms with Gasteiger partial charge in [0.25, 0.3) is 5.91 Å². The summed E-state index contributed by atoms with van der Waals surface area (Å²) >= 11 is 1.42. The summed E-state index contributed by atoms with van der Waals surface area (Å²) in [5.74, 6) is -0.00890. The van der Waals surface area contributed by atoms with E-state index < -0.39 is 0 Å². The van der Waals surface area contributed by atoms with E-state index in [0.717, 1.165) is 24.6 Å². The molecular weight excluding hydrogens is 274 g/mol. The maximum absolute atomic E-state index is 12.5. The van der Waals surface area contributed by atoms with Gasteiger partial charge in [0.1, 0.15) is 16.4 Å². The number of rotatable bonds is 2. The number of hydrogen-bond donors (Lipinski definition) is 1. The molecule has 0 radical (unpaired) electrons. The van der Waals surface area contributed by atoms with Gasteiger partial charge in [0.15, 0.2) is 0 Å². The molecule has 1 saturated heterocycles. The monoisotopic (exact) mass is 289 g/mol. The van der Waals surface area contributed by atoms with Crippen LogP contribution in [-0.2, 0) is 0 Å². The molecule has 1 aliphatic rings. The van der Waals surface area contributed by atoms with Crippen LogP contribution in [0.25, 0.3) is 10.7 Å². The van der Waals surface area contributed by atoms with Gasteiger partial charge in [-0.3, -0.25) is 14.8 Å². The number of nitrogens with one attached hydrogen (secondary N) is 1. The van der Waals surface area contributed by atoms with E-state index in [1.165, 1.54) is 11.3 Å². The van der Waals surface area contributed by atoms with Gasteiger partial charge in [-0.05, 0) is 6.92 Å². The SMILES string of the molecule is CC1CNCCN1C(=O)c1csc(-c2cnccn2)n1. The van der Waals surface area contributed by atoms with Crippen LogP contribution in [0.5, 0.6) is 0 Å². The van der Waals surface area contributed by atoms with Crippen LogP contribution in [-0.4, -0.2) is 51.4 Å². The first-order valence-corrected chi connectivity index (χ1v) is 7.37. The maximum Gasteiger partial charge on any atom is 0.273 e. The lowest BCUT2D eigenvalue weighted by Gasteiger charge is -2.33. The van der Waals surface area contributed by atoms with E-state index in [1.54, 1.807) is 24.0 Å². The predicted octanol–water partition coefficient (Wildman–Crippen LogP) is 1.03. The van der Waals surface area contributed by atoms with Crippen molar-refractivity contribution in [2.45, 2.75) is 13.0 Å². The number of amides is 1. The summed E-state index contributed by atoms with van der Waals surface area (Å²) < 4.78 is 0. The molecular formula is C13H15N5OS. The van der Waals surface area contributed by atoms with Gasteiger partial charge in [0.2, 0.25) is 0 Å². The average molecular weight is 289 g/mol. The Hall–Kier alpha value is -1.86. The summed E-state index contributed by atoms with van der Waals surface area (Å²) in [5.41, 5.74) is 1.19. The van der Waals surface area contributed by atoms with Crippen molar-refractivity contribution >= 4 is 17.2 Å². The molecule has 0 spiro atoms. The number of aromatic nitrogens is 3. The molecule has 1 N–H and O–H groups in total. The van der Waals surface area contributed by atoms with Crippen molar-refractivity contribution < 1.29 is 4.79 Å². The normalized spacial score (nSPS) is 19.1. The Morgan fingerprint density at radius 2 is 2.40 bits per heavy atom. The van der Waals surface area contributed by atoms with Crippen LogP contribution in [0.1, 0.15) is 17.4 Å².